The monoisotopic (exact) mass is 242 g/mol. The van der Waals surface area contributed by atoms with Crippen LogP contribution >= 0.6 is 0 Å². The molecule has 4 nitrogen and oxygen atoms in total. The molecule has 16 heavy (non-hydrogen) atoms. The lowest BCUT2D eigenvalue weighted by Crippen LogP contribution is -2.29. The van der Waals surface area contributed by atoms with E-state index in [-0.39, 0.29) is 5.75 Å². The van der Waals surface area contributed by atoms with E-state index >= 15 is 0 Å². The van der Waals surface area contributed by atoms with Crippen molar-refractivity contribution in [2.45, 2.75) is 26.8 Å². The molecule has 1 heterocycles. The molecule has 1 aromatic heterocycles. The molecule has 1 aromatic rings. The first kappa shape index (κ1) is 13.1. The van der Waals surface area contributed by atoms with E-state index in [0.717, 1.165) is 11.4 Å². The van der Waals surface area contributed by atoms with E-state index in [0.29, 0.717) is 13.0 Å². The van der Waals surface area contributed by atoms with E-state index in [1.165, 1.54) is 4.31 Å². The predicted molar refractivity (Wildman–Crippen MR) is 64.5 cm³/mol. The third-order valence-electron chi connectivity index (χ3n) is 2.27. The highest BCUT2D eigenvalue weighted by Crippen LogP contribution is 2.07. The molecule has 0 fully saturated rings. The molecule has 0 radical (unpaired) electrons. The Labute approximate surface area is 97.4 Å². The average Bonchev–Trinajstić information content (AvgIpc) is 2.17. The van der Waals surface area contributed by atoms with Gasteiger partial charge in [-0.15, -0.1) is 0 Å². The standard InChI is InChI=1S/C11H18N2O2S/c1-4-8-16(14,15)13(3)9-11-7-5-6-10(2)12-11/h5-7H,4,8-9H2,1-3H3. The maximum absolute atomic E-state index is 11.7. The zero-order valence-electron chi connectivity index (χ0n) is 9.97. The summed E-state index contributed by atoms with van der Waals surface area (Å²) in [7, 11) is -1.54. The lowest BCUT2D eigenvalue weighted by Gasteiger charge is -2.16. The van der Waals surface area contributed by atoms with Crippen molar-refractivity contribution >= 4 is 10.0 Å². The van der Waals surface area contributed by atoms with Crippen molar-refractivity contribution in [2.24, 2.45) is 0 Å². The molecule has 0 aliphatic carbocycles. The van der Waals surface area contributed by atoms with Gasteiger partial charge in [0.15, 0.2) is 0 Å². The van der Waals surface area contributed by atoms with Crippen molar-refractivity contribution in [1.29, 1.82) is 0 Å². The molecule has 0 aromatic carbocycles. The largest absolute Gasteiger partial charge is 0.257 e. The fourth-order valence-electron chi connectivity index (χ4n) is 1.43. The SMILES string of the molecule is CCCS(=O)(=O)N(C)Cc1cccc(C)n1. The van der Waals surface area contributed by atoms with Crippen LogP contribution in [0, 0.1) is 6.92 Å². The van der Waals surface area contributed by atoms with Crippen molar-refractivity contribution in [3.8, 4) is 0 Å². The third-order valence-corrected chi connectivity index (χ3v) is 4.27. The van der Waals surface area contributed by atoms with E-state index < -0.39 is 10.0 Å². The van der Waals surface area contributed by atoms with Gasteiger partial charge in [0, 0.05) is 12.7 Å². The number of sulfonamides is 1. The second kappa shape index (κ2) is 5.41. The Balaban J connectivity index is 2.75. The summed E-state index contributed by atoms with van der Waals surface area (Å²) in [5, 5.41) is 0. The smallest absolute Gasteiger partial charge is 0.214 e. The fourth-order valence-corrected chi connectivity index (χ4v) is 2.58. The highest BCUT2D eigenvalue weighted by Gasteiger charge is 2.16. The van der Waals surface area contributed by atoms with Gasteiger partial charge >= 0.3 is 0 Å². The molecule has 0 saturated heterocycles. The van der Waals surface area contributed by atoms with E-state index in [1.807, 2.05) is 32.0 Å². The van der Waals surface area contributed by atoms with Gasteiger partial charge in [0.2, 0.25) is 10.0 Å². The predicted octanol–water partition coefficient (Wildman–Crippen LogP) is 1.56. The zero-order chi connectivity index (χ0) is 12.2. The maximum atomic E-state index is 11.7. The number of nitrogens with zero attached hydrogens (tertiary/aromatic N) is 2. The van der Waals surface area contributed by atoms with Crippen molar-refractivity contribution in [3.63, 3.8) is 0 Å². The van der Waals surface area contributed by atoms with Crippen molar-refractivity contribution in [2.75, 3.05) is 12.8 Å². The van der Waals surface area contributed by atoms with Gasteiger partial charge in [-0.25, -0.2) is 8.42 Å². The third kappa shape index (κ3) is 3.57. The molecule has 0 saturated carbocycles. The first-order valence-electron chi connectivity index (χ1n) is 5.32. The van der Waals surface area contributed by atoms with Crippen LogP contribution in [0.15, 0.2) is 18.2 Å². The first-order chi connectivity index (χ1) is 7.45. The molecule has 5 heteroatoms. The van der Waals surface area contributed by atoms with Gasteiger partial charge in [-0.2, -0.15) is 4.31 Å². The molecule has 0 aliphatic rings. The molecule has 0 amide bonds. The van der Waals surface area contributed by atoms with Gasteiger partial charge in [-0.1, -0.05) is 13.0 Å². The van der Waals surface area contributed by atoms with Crippen LogP contribution < -0.4 is 0 Å². The Morgan fingerprint density at radius 3 is 2.62 bits per heavy atom. The van der Waals surface area contributed by atoms with E-state index in [4.69, 9.17) is 0 Å². The minimum Gasteiger partial charge on any atom is -0.257 e. The molecule has 0 N–H and O–H groups in total. The highest BCUT2D eigenvalue weighted by atomic mass is 32.2. The molecule has 0 spiro atoms. The molecule has 0 aliphatic heterocycles. The summed E-state index contributed by atoms with van der Waals surface area (Å²) in [6.45, 7) is 4.09. The van der Waals surface area contributed by atoms with Crippen LogP contribution in [0.3, 0.4) is 0 Å². The number of rotatable bonds is 5. The molecule has 1 rings (SSSR count). The Kier molecular flexibility index (Phi) is 4.44. The molecule has 0 bridgehead atoms. The van der Waals surface area contributed by atoms with E-state index in [9.17, 15) is 8.42 Å². The fraction of sp³-hybridized carbons (Fsp3) is 0.545. The van der Waals surface area contributed by atoms with Crippen LogP contribution in [0.5, 0.6) is 0 Å². The Bertz CT molecular complexity index is 443. The van der Waals surface area contributed by atoms with Crippen LogP contribution in [0.25, 0.3) is 0 Å². The number of aryl methyl sites for hydroxylation is 1. The highest BCUT2D eigenvalue weighted by molar-refractivity contribution is 7.89. The first-order valence-corrected chi connectivity index (χ1v) is 6.93. The van der Waals surface area contributed by atoms with E-state index in [1.54, 1.807) is 7.05 Å². The van der Waals surface area contributed by atoms with Gasteiger partial charge in [0.05, 0.1) is 18.0 Å². The lowest BCUT2D eigenvalue weighted by molar-refractivity contribution is 0.461. The summed E-state index contributed by atoms with van der Waals surface area (Å²) in [6.07, 6.45) is 0.633. The molecule has 90 valence electrons. The molecular weight excluding hydrogens is 224 g/mol. The summed E-state index contributed by atoms with van der Waals surface area (Å²) in [6, 6.07) is 5.62. The number of hydrogen-bond acceptors (Lipinski definition) is 3. The molecular formula is C11H18N2O2S. The quantitative estimate of drug-likeness (QED) is 0.787. The van der Waals surface area contributed by atoms with Gasteiger partial charge in [0.1, 0.15) is 0 Å². The number of pyridine rings is 1. The molecule has 0 atom stereocenters. The Morgan fingerprint density at radius 2 is 2.06 bits per heavy atom. The van der Waals surface area contributed by atoms with E-state index in [2.05, 4.69) is 4.98 Å². The van der Waals surface area contributed by atoms with Crippen LogP contribution in [-0.2, 0) is 16.6 Å². The summed E-state index contributed by atoms with van der Waals surface area (Å²) in [4.78, 5) is 4.28. The number of aromatic nitrogens is 1. The minimum atomic E-state index is -3.13. The van der Waals surface area contributed by atoms with Crippen LogP contribution in [0.4, 0.5) is 0 Å². The van der Waals surface area contributed by atoms with Crippen LogP contribution in [0.2, 0.25) is 0 Å². The van der Waals surface area contributed by atoms with Crippen molar-refractivity contribution < 1.29 is 8.42 Å². The lowest BCUT2D eigenvalue weighted by atomic mass is 10.3. The summed E-state index contributed by atoms with van der Waals surface area (Å²) in [5.74, 6) is 0.190. The Hall–Kier alpha value is -0.940. The topological polar surface area (TPSA) is 50.3 Å². The van der Waals surface area contributed by atoms with Crippen molar-refractivity contribution in [1.82, 2.24) is 9.29 Å². The summed E-state index contributed by atoms with van der Waals surface area (Å²) < 4.78 is 24.8. The average molecular weight is 242 g/mol. The Morgan fingerprint density at radius 1 is 1.38 bits per heavy atom. The van der Waals surface area contributed by atoms with Crippen LogP contribution in [-0.4, -0.2) is 30.5 Å². The van der Waals surface area contributed by atoms with Gasteiger partial charge < -0.3 is 0 Å². The van der Waals surface area contributed by atoms with Gasteiger partial charge in [-0.05, 0) is 25.5 Å². The van der Waals surface area contributed by atoms with Crippen LogP contribution in [0.1, 0.15) is 24.7 Å². The van der Waals surface area contributed by atoms with Crippen molar-refractivity contribution in [3.05, 3.63) is 29.6 Å². The van der Waals surface area contributed by atoms with Gasteiger partial charge in [0.25, 0.3) is 0 Å². The normalized spacial score (nSPS) is 12.0. The zero-order valence-corrected chi connectivity index (χ0v) is 10.8. The second-order valence-corrected chi connectivity index (χ2v) is 6.04. The maximum Gasteiger partial charge on any atom is 0.214 e. The minimum absolute atomic E-state index is 0.190. The molecule has 0 unspecified atom stereocenters. The summed E-state index contributed by atoms with van der Waals surface area (Å²) >= 11 is 0. The second-order valence-electron chi connectivity index (χ2n) is 3.84. The number of hydrogen-bond donors (Lipinski definition) is 0. The van der Waals surface area contributed by atoms with Gasteiger partial charge in [-0.3, -0.25) is 4.98 Å². The summed E-state index contributed by atoms with van der Waals surface area (Å²) in [5.41, 5.74) is 1.68.